The van der Waals surface area contributed by atoms with E-state index in [1.54, 1.807) is 0 Å². The van der Waals surface area contributed by atoms with Gasteiger partial charge in [-0.05, 0) is 32.1 Å². The van der Waals surface area contributed by atoms with Crippen LogP contribution in [0.25, 0.3) is 0 Å². The van der Waals surface area contributed by atoms with Gasteiger partial charge in [-0.15, -0.1) is 0 Å². The molecule has 0 fully saturated rings. The van der Waals surface area contributed by atoms with Crippen molar-refractivity contribution in [2.75, 3.05) is 19.8 Å². The van der Waals surface area contributed by atoms with E-state index in [0.717, 1.165) is 77.0 Å². The number of hydrogen-bond donors (Lipinski definition) is 2. The molecule has 0 amide bonds. The maximum Gasteiger partial charge on any atom is 0.511 e. The smallest absolute Gasteiger partial charge is 0.502 e. The van der Waals surface area contributed by atoms with Crippen molar-refractivity contribution in [2.24, 2.45) is 0 Å². The van der Waals surface area contributed by atoms with Crippen LogP contribution in [0, 0.1) is 0 Å². The highest BCUT2D eigenvalue weighted by Crippen LogP contribution is 2.54. The van der Waals surface area contributed by atoms with Crippen LogP contribution in [0.1, 0.15) is 136 Å². The SMILES string of the molecule is CCCCCCCCCc1c(OC(=O)O)c(O)c(OCCCCC)c(OCCCCC)c1OCCCCC. The number of carboxylic acid groups (broad SMARTS) is 1. The topological polar surface area (TPSA) is 94.5 Å². The molecule has 0 heterocycles. The summed E-state index contributed by atoms with van der Waals surface area (Å²) < 4.78 is 23.7. The number of carbonyl (C=O) groups is 1. The van der Waals surface area contributed by atoms with Crippen molar-refractivity contribution in [3.63, 3.8) is 0 Å². The molecule has 0 bridgehead atoms. The monoisotopic (exact) mass is 538 g/mol. The highest BCUT2D eigenvalue weighted by atomic mass is 16.7. The maximum absolute atomic E-state index is 11.7. The normalized spacial score (nSPS) is 10.9. The Bertz CT molecular complexity index is 763. The molecule has 1 aromatic carbocycles. The molecule has 1 rings (SSSR count). The second kappa shape index (κ2) is 21.6. The average molecular weight is 539 g/mol. The summed E-state index contributed by atoms with van der Waals surface area (Å²) in [6.45, 7) is 9.89. The number of hydrogen-bond acceptors (Lipinski definition) is 6. The van der Waals surface area contributed by atoms with Crippen LogP contribution in [0.15, 0.2) is 0 Å². The molecule has 0 radical (unpaired) electrons. The molecule has 0 aromatic heterocycles. The van der Waals surface area contributed by atoms with Crippen molar-refractivity contribution in [2.45, 2.75) is 137 Å². The van der Waals surface area contributed by atoms with Crippen molar-refractivity contribution in [3.8, 4) is 28.7 Å². The molecular weight excluding hydrogens is 484 g/mol. The number of benzene rings is 1. The van der Waals surface area contributed by atoms with E-state index in [0.29, 0.717) is 43.3 Å². The third kappa shape index (κ3) is 13.0. The standard InChI is InChI=1S/C31H54O7/c1-5-9-13-14-15-16-17-21-25-27(38-31(33)34)26(32)29(36-23-19-11-7-3)30(37-24-20-12-8-4)28(25)35-22-18-10-6-2/h32H,5-24H2,1-4H3,(H,33,34). The predicted octanol–water partition coefficient (Wildman–Crippen LogP) is 9.45. The van der Waals surface area contributed by atoms with Gasteiger partial charge in [-0.2, -0.15) is 0 Å². The third-order valence-corrected chi connectivity index (χ3v) is 6.59. The summed E-state index contributed by atoms with van der Waals surface area (Å²) in [6.07, 6.45) is 15.6. The summed E-state index contributed by atoms with van der Waals surface area (Å²) in [5, 5.41) is 20.7. The number of aromatic hydroxyl groups is 1. The van der Waals surface area contributed by atoms with Gasteiger partial charge in [-0.1, -0.05) is 105 Å². The van der Waals surface area contributed by atoms with E-state index in [9.17, 15) is 15.0 Å². The Balaban J connectivity index is 3.40. The van der Waals surface area contributed by atoms with Crippen molar-refractivity contribution in [3.05, 3.63) is 5.56 Å². The van der Waals surface area contributed by atoms with E-state index in [2.05, 4.69) is 27.7 Å². The number of phenolic OH excluding ortho intramolecular Hbond substituents is 1. The Morgan fingerprint density at radius 3 is 1.47 bits per heavy atom. The lowest BCUT2D eigenvalue weighted by Gasteiger charge is -2.23. The largest absolute Gasteiger partial charge is 0.511 e. The number of phenols is 1. The number of rotatable bonds is 24. The van der Waals surface area contributed by atoms with Crippen LogP contribution in [0.5, 0.6) is 28.7 Å². The van der Waals surface area contributed by atoms with Gasteiger partial charge in [0.05, 0.1) is 19.8 Å². The second-order valence-corrected chi connectivity index (χ2v) is 10.0. The molecule has 0 aliphatic heterocycles. The fourth-order valence-electron chi connectivity index (χ4n) is 4.38. The molecular formula is C31H54O7. The van der Waals surface area contributed by atoms with Crippen molar-refractivity contribution in [1.82, 2.24) is 0 Å². The Morgan fingerprint density at radius 1 is 0.553 bits per heavy atom. The van der Waals surface area contributed by atoms with E-state index in [1.165, 1.54) is 25.7 Å². The van der Waals surface area contributed by atoms with Crippen LogP contribution < -0.4 is 18.9 Å². The molecule has 38 heavy (non-hydrogen) atoms. The molecule has 0 unspecified atom stereocenters. The van der Waals surface area contributed by atoms with E-state index in [-0.39, 0.29) is 17.2 Å². The molecule has 1 aromatic rings. The highest BCUT2D eigenvalue weighted by molar-refractivity contribution is 5.73. The van der Waals surface area contributed by atoms with Gasteiger partial charge in [0.2, 0.25) is 17.2 Å². The molecule has 2 N–H and O–H groups in total. The minimum absolute atomic E-state index is 0.0969. The quantitative estimate of drug-likeness (QED) is 0.0768. The zero-order valence-electron chi connectivity index (χ0n) is 24.6. The highest BCUT2D eigenvalue weighted by Gasteiger charge is 2.30. The van der Waals surface area contributed by atoms with Crippen molar-refractivity contribution in [1.29, 1.82) is 0 Å². The first-order valence-electron chi connectivity index (χ1n) is 15.2. The third-order valence-electron chi connectivity index (χ3n) is 6.59. The van der Waals surface area contributed by atoms with Crippen LogP contribution in [0.4, 0.5) is 4.79 Å². The first-order valence-corrected chi connectivity index (χ1v) is 15.2. The van der Waals surface area contributed by atoms with Gasteiger partial charge < -0.3 is 29.2 Å². The van der Waals surface area contributed by atoms with E-state index >= 15 is 0 Å². The zero-order valence-corrected chi connectivity index (χ0v) is 24.6. The Kier molecular flexibility index (Phi) is 19.2. The van der Waals surface area contributed by atoms with Gasteiger partial charge in [0, 0.05) is 5.56 Å². The van der Waals surface area contributed by atoms with Crippen molar-refractivity contribution < 1.29 is 34.0 Å². The lowest BCUT2D eigenvalue weighted by atomic mass is 10.0. The summed E-state index contributed by atoms with van der Waals surface area (Å²) in [5.41, 5.74) is 0.543. The molecule has 0 aliphatic carbocycles. The predicted molar refractivity (Wildman–Crippen MR) is 154 cm³/mol. The molecule has 0 saturated heterocycles. The van der Waals surface area contributed by atoms with E-state index in [4.69, 9.17) is 18.9 Å². The zero-order chi connectivity index (χ0) is 28.0. The van der Waals surface area contributed by atoms with Crippen LogP contribution in [0.3, 0.4) is 0 Å². The molecule has 220 valence electrons. The van der Waals surface area contributed by atoms with Crippen LogP contribution >= 0.6 is 0 Å². The Morgan fingerprint density at radius 2 is 0.974 bits per heavy atom. The number of unbranched alkanes of at least 4 members (excludes halogenated alkanes) is 12. The van der Waals surface area contributed by atoms with E-state index < -0.39 is 6.16 Å². The molecule has 0 spiro atoms. The molecule has 0 aliphatic rings. The fraction of sp³-hybridized carbons (Fsp3) is 0.774. The summed E-state index contributed by atoms with van der Waals surface area (Å²) >= 11 is 0. The average Bonchev–Trinajstić information content (AvgIpc) is 2.90. The van der Waals surface area contributed by atoms with Gasteiger partial charge in [-0.3, -0.25) is 0 Å². The maximum atomic E-state index is 11.7. The van der Waals surface area contributed by atoms with Gasteiger partial charge >= 0.3 is 6.16 Å². The Labute approximate surface area is 231 Å². The van der Waals surface area contributed by atoms with Gasteiger partial charge in [0.25, 0.3) is 0 Å². The van der Waals surface area contributed by atoms with Gasteiger partial charge in [-0.25, -0.2) is 4.79 Å². The molecule has 7 nitrogen and oxygen atoms in total. The number of ether oxygens (including phenoxy) is 4. The molecule has 0 atom stereocenters. The molecule has 7 heteroatoms. The summed E-state index contributed by atoms with van der Waals surface area (Å²) in [5.74, 6) is 0.502. The first kappa shape index (κ1) is 33.7. The second-order valence-electron chi connectivity index (χ2n) is 10.0. The lowest BCUT2D eigenvalue weighted by molar-refractivity contribution is 0.141. The van der Waals surface area contributed by atoms with Crippen molar-refractivity contribution >= 4 is 6.16 Å². The van der Waals surface area contributed by atoms with Crippen LogP contribution in [-0.4, -0.2) is 36.2 Å². The minimum Gasteiger partial charge on any atom is -0.502 e. The van der Waals surface area contributed by atoms with Crippen LogP contribution in [-0.2, 0) is 6.42 Å². The molecule has 0 saturated carbocycles. The van der Waals surface area contributed by atoms with Gasteiger partial charge in [0.15, 0.2) is 11.5 Å². The minimum atomic E-state index is -1.48. The summed E-state index contributed by atoms with van der Waals surface area (Å²) in [4.78, 5) is 11.7. The summed E-state index contributed by atoms with van der Waals surface area (Å²) in [7, 11) is 0. The van der Waals surface area contributed by atoms with Crippen LogP contribution in [0.2, 0.25) is 0 Å². The summed E-state index contributed by atoms with van der Waals surface area (Å²) in [6, 6.07) is 0. The Hall–Kier alpha value is -2.31. The fourth-order valence-corrected chi connectivity index (χ4v) is 4.38. The first-order chi connectivity index (χ1) is 18.5. The lowest BCUT2D eigenvalue weighted by Crippen LogP contribution is -2.12. The van der Waals surface area contributed by atoms with Gasteiger partial charge in [0.1, 0.15) is 0 Å². The van der Waals surface area contributed by atoms with E-state index in [1.807, 2.05) is 0 Å².